The molecule has 4 heteroatoms. The standard InChI is InChI=1S/C22H21NO2.C8H11N.C2H6.C2H2/c1-2-5-22(18-8-9-18)25-15-17-10-16(14-24)11-20(12-17)21-7-4-3-6-19(21)13-23;1-3-8-5-4-7(2)9-6-8;2*1-2/h3-7,10-12,14,18H,2,8-9,15H2,1H3;4-6H,3H2,1-2H3;1-2H3;1-2H/b22-5-;;;. The Morgan fingerprint density at radius 1 is 1.08 bits per heavy atom. The number of hydrogen-bond acceptors (Lipinski definition) is 4. The van der Waals surface area contributed by atoms with E-state index in [4.69, 9.17) is 4.74 Å². The second kappa shape index (κ2) is 18.1. The van der Waals surface area contributed by atoms with Crippen LogP contribution in [0, 0.1) is 37.0 Å². The van der Waals surface area contributed by atoms with Crippen LogP contribution in [0.15, 0.2) is 72.6 Å². The largest absolute Gasteiger partial charge is 0.493 e. The maximum atomic E-state index is 11.3. The maximum Gasteiger partial charge on any atom is 0.150 e. The molecule has 0 saturated heterocycles. The summed E-state index contributed by atoms with van der Waals surface area (Å²) in [6.45, 7) is 10.7. The Morgan fingerprint density at radius 2 is 1.79 bits per heavy atom. The quantitative estimate of drug-likeness (QED) is 0.174. The molecule has 0 aliphatic heterocycles. The lowest BCUT2D eigenvalue weighted by Crippen LogP contribution is -1.98. The van der Waals surface area contributed by atoms with Gasteiger partial charge in [-0.3, -0.25) is 9.78 Å². The van der Waals surface area contributed by atoms with Crippen molar-refractivity contribution in [1.29, 1.82) is 5.26 Å². The third kappa shape index (κ3) is 10.5. The molecule has 0 radical (unpaired) electrons. The van der Waals surface area contributed by atoms with Crippen LogP contribution in [0.5, 0.6) is 0 Å². The van der Waals surface area contributed by atoms with E-state index in [9.17, 15) is 10.1 Å². The molecule has 38 heavy (non-hydrogen) atoms. The van der Waals surface area contributed by atoms with E-state index in [0.29, 0.717) is 23.7 Å². The second-order valence-electron chi connectivity index (χ2n) is 8.48. The first-order valence-corrected chi connectivity index (χ1v) is 13.2. The highest BCUT2D eigenvalue weighted by Crippen LogP contribution is 2.37. The van der Waals surface area contributed by atoms with Crippen molar-refractivity contribution < 1.29 is 9.53 Å². The second-order valence-corrected chi connectivity index (χ2v) is 8.48. The first-order valence-electron chi connectivity index (χ1n) is 13.2. The van der Waals surface area contributed by atoms with E-state index in [-0.39, 0.29) is 0 Å². The van der Waals surface area contributed by atoms with Gasteiger partial charge in [0, 0.05) is 23.4 Å². The minimum atomic E-state index is 0.436. The zero-order chi connectivity index (χ0) is 28.3. The van der Waals surface area contributed by atoms with E-state index in [1.165, 1.54) is 18.4 Å². The maximum absolute atomic E-state index is 11.3. The van der Waals surface area contributed by atoms with Crippen LogP contribution < -0.4 is 0 Å². The molecule has 4 nitrogen and oxygen atoms in total. The summed E-state index contributed by atoms with van der Waals surface area (Å²) < 4.78 is 6.02. The Labute approximate surface area is 229 Å². The zero-order valence-electron chi connectivity index (χ0n) is 23.4. The topological polar surface area (TPSA) is 63.0 Å². The minimum Gasteiger partial charge on any atom is -0.493 e. The van der Waals surface area contributed by atoms with Crippen LogP contribution >= 0.6 is 0 Å². The van der Waals surface area contributed by atoms with Crippen LogP contribution in [0.1, 0.15) is 79.7 Å². The van der Waals surface area contributed by atoms with Gasteiger partial charge in [-0.05, 0) is 91.3 Å². The molecule has 1 heterocycles. The number of carbonyl (C=O) groups is 1. The third-order valence-corrected chi connectivity index (χ3v) is 5.68. The van der Waals surface area contributed by atoms with Crippen LogP contribution in [0.3, 0.4) is 0 Å². The van der Waals surface area contributed by atoms with Crippen molar-refractivity contribution in [3.63, 3.8) is 0 Å². The van der Waals surface area contributed by atoms with Gasteiger partial charge >= 0.3 is 0 Å². The third-order valence-electron chi connectivity index (χ3n) is 5.68. The monoisotopic (exact) mass is 508 g/mol. The normalized spacial score (nSPS) is 11.7. The van der Waals surface area contributed by atoms with Crippen molar-refractivity contribution in [1.82, 2.24) is 4.98 Å². The average molecular weight is 509 g/mol. The van der Waals surface area contributed by atoms with Crippen molar-refractivity contribution in [2.45, 2.75) is 66.9 Å². The van der Waals surface area contributed by atoms with E-state index < -0.39 is 0 Å². The molecule has 0 N–H and O–H groups in total. The smallest absolute Gasteiger partial charge is 0.150 e. The van der Waals surface area contributed by atoms with Crippen molar-refractivity contribution in [3.8, 4) is 30.0 Å². The zero-order valence-corrected chi connectivity index (χ0v) is 23.4. The summed E-state index contributed by atoms with van der Waals surface area (Å²) in [6, 6.07) is 19.5. The van der Waals surface area contributed by atoms with Crippen molar-refractivity contribution in [3.05, 3.63) is 101 Å². The lowest BCUT2D eigenvalue weighted by molar-refractivity contribution is 0.112. The van der Waals surface area contributed by atoms with E-state index >= 15 is 0 Å². The SMILES string of the molecule is C#C.CC.CC/C=C(\OCc1cc(C=O)cc(-c2ccccc2C#N)c1)C1CC1.CCc1ccc(C)nc1. The molecule has 0 atom stereocenters. The number of nitrogens with zero attached hydrogens (tertiary/aromatic N) is 2. The number of carbonyl (C=O) groups excluding carboxylic acids is 1. The first-order chi connectivity index (χ1) is 18.6. The van der Waals surface area contributed by atoms with Crippen LogP contribution in [0.4, 0.5) is 0 Å². The van der Waals surface area contributed by atoms with Gasteiger partial charge in [-0.25, -0.2) is 0 Å². The Hall–Kier alpha value is -4.15. The number of nitriles is 1. The highest BCUT2D eigenvalue weighted by atomic mass is 16.5. The number of rotatable bonds is 8. The summed E-state index contributed by atoms with van der Waals surface area (Å²) in [6.07, 6.45) is 17.3. The molecule has 0 spiro atoms. The number of terminal acetylenes is 1. The number of aryl methyl sites for hydroxylation is 2. The van der Waals surface area contributed by atoms with Gasteiger partial charge in [-0.15, -0.1) is 12.8 Å². The molecule has 0 unspecified atom stereocenters. The number of allylic oxidation sites excluding steroid dienone is 2. The highest BCUT2D eigenvalue weighted by molar-refractivity contribution is 5.81. The van der Waals surface area contributed by atoms with Gasteiger partial charge in [0.05, 0.1) is 17.4 Å². The van der Waals surface area contributed by atoms with Gasteiger partial charge in [0.25, 0.3) is 0 Å². The van der Waals surface area contributed by atoms with E-state index in [1.54, 1.807) is 6.07 Å². The fraction of sp³-hybridized carbons (Fsp3) is 0.324. The van der Waals surface area contributed by atoms with Crippen LogP contribution in [-0.4, -0.2) is 11.3 Å². The fourth-order valence-electron chi connectivity index (χ4n) is 3.64. The van der Waals surface area contributed by atoms with Gasteiger partial charge in [0.1, 0.15) is 12.9 Å². The van der Waals surface area contributed by atoms with Gasteiger partial charge in [-0.2, -0.15) is 5.26 Å². The molecule has 0 bridgehead atoms. The summed E-state index contributed by atoms with van der Waals surface area (Å²) in [5, 5.41) is 9.33. The van der Waals surface area contributed by atoms with Crippen LogP contribution in [-0.2, 0) is 17.8 Å². The number of pyridine rings is 1. The summed E-state index contributed by atoms with van der Waals surface area (Å²) >= 11 is 0. The molecule has 1 aromatic heterocycles. The van der Waals surface area contributed by atoms with Gasteiger partial charge < -0.3 is 4.74 Å². The molecule has 198 valence electrons. The Balaban J connectivity index is 0.000000464. The van der Waals surface area contributed by atoms with E-state index in [2.05, 4.69) is 49.9 Å². The number of aldehydes is 1. The van der Waals surface area contributed by atoms with Crippen LogP contribution in [0.2, 0.25) is 0 Å². The summed E-state index contributed by atoms with van der Waals surface area (Å²) in [4.78, 5) is 15.5. The molecule has 4 rings (SSSR count). The lowest BCUT2D eigenvalue weighted by atomic mass is 9.97. The molecular weight excluding hydrogens is 468 g/mol. The summed E-state index contributed by atoms with van der Waals surface area (Å²) in [5.41, 5.74) is 6.23. The fourth-order valence-corrected chi connectivity index (χ4v) is 3.64. The van der Waals surface area contributed by atoms with Crippen molar-refractivity contribution >= 4 is 6.29 Å². The average Bonchev–Trinajstić information content (AvgIpc) is 3.83. The van der Waals surface area contributed by atoms with E-state index in [1.807, 2.05) is 69.4 Å². The predicted molar refractivity (Wildman–Crippen MR) is 157 cm³/mol. The predicted octanol–water partition coefficient (Wildman–Crippen LogP) is 8.49. The molecular formula is C34H40N2O2. The number of aromatic nitrogens is 1. The van der Waals surface area contributed by atoms with E-state index in [0.717, 1.165) is 47.3 Å². The minimum absolute atomic E-state index is 0.436. The number of benzene rings is 2. The summed E-state index contributed by atoms with van der Waals surface area (Å²) in [5.74, 6) is 1.63. The molecule has 0 amide bonds. The molecule has 1 aliphatic rings. The number of hydrogen-bond donors (Lipinski definition) is 0. The highest BCUT2D eigenvalue weighted by Gasteiger charge is 2.27. The molecule has 1 fully saturated rings. The molecule has 2 aromatic carbocycles. The number of ether oxygens (including phenoxy) is 1. The van der Waals surface area contributed by atoms with Gasteiger partial charge in [0.15, 0.2) is 0 Å². The van der Waals surface area contributed by atoms with Crippen molar-refractivity contribution in [2.75, 3.05) is 0 Å². The lowest BCUT2D eigenvalue weighted by Gasteiger charge is -2.12. The molecule has 1 saturated carbocycles. The molecule has 3 aromatic rings. The van der Waals surface area contributed by atoms with Crippen LogP contribution in [0.25, 0.3) is 11.1 Å². The Morgan fingerprint density at radius 3 is 2.34 bits per heavy atom. The van der Waals surface area contributed by atoms with Gasteiger partial charge in [-0.1, -0.05) is 52.0 Å². The van der Waals surface area contributed by atoms with Gasteiger partial charge in [0.2, 0.25) is 0 Å². The first kappa shape index (κ1) is 31.9. The Kier molecular flexibility index (Phi) is 15.2. The summed E-state index contributed by atoms with van der Waals surface area (Å²) in [7, 11) is 0. The van der Waals surface area contributed by atoms with Crippen molar-refractivity contribution in [2.24, 2.45) is 5.92 Å². The Bertz CT molecular complexity index is 1210. The molecule has 1 aliphatic carbocycles.